The van der Waals surface area contributed by atoms with E-state index >= 15 is 0 Å². The molecule has 3 saturated heterocycles. The lowest BCUT2D eigenvalue weighted by molar-refractivity contribution is -0.274. The summed E-state index contributed by atoms with van der Waals surface area (Å²) in [6, 6.07) is 37.4. The van der Waals surface area contributed by atoms with Gasteiger partial charge in [0, 0.05) is 39.3 Å². The highest BCUT2D eigenvalue weighted by molar-refractivity contribution is 5.85. The fourth-order valence-electron chi connectivity index (χ4n) is 10.6. The number of nitrogens with one attached hydrogen (secondary N) is 1. The van der Waals surface area contributed by atoms with Crippen molar-refractivity contribution < 1.29 is 51.6 Å². The molecule has 6 heterocycles. The van der Waals surface area contributed by atoms with Crippen molar-refractivity contribution in [3.05, 3.63) is 170 Å². The Morgan fingerprint density at radius 1 is 0.474 bits per heavy atom. The van der Waals surface area contributed by atoms with Gasteiger partial charge in [0.05, 0.1) is 34.3 Å². The highest BCUT2D eigenvalue weighted by Gasteiger charge is 2.35. The molecule has 3 fully saturated rings. The van der Waals surface area contributed by atoms with Crippen LogP contribution in [0.1, 0.15) is 105 Å². The predicted molar refractivity (Wildman–Crippen MR) is 352 cm³/mol. The molecular weight excluding hydrogens is 1230 g/mol. The summed E-state index contributed by atoms with van der Waals surface area (Å²) in [5.74, 6) is -0.332. The highest BCUT2D eigenvalue weighted by atomic mass is 19.4. The van der Waals surface area contributed by atoms with Crippen molar-refractivity contribution in [2.75, 3.05) is 39.3 Å². The number of aliphatic hydroxyl groups is 1. The Hall–Kier alpha value is -10.1. The van der Waals surface area contributed by atoms with E-state index in [-0.39, 0.29) is 59.3 Å². The van der Waals surface area contributed by atoms with Gasteiger partial charge in [-0.05, 0) is 177 Å². The van der Waals surface area contributed by atoms with Crippen LogP contribution in [0.15, 0.2) is 142 Å². The number of amides is 3. The summed E-state index contributed by atoms with van der Waals surface area (Å²) >= 11 is 0. The van der Waals surface area contributed by atoms with E-state index in [4.69, 9.17) is 14.2 Å². The molecule has 26 heteroatoms. The number of benzene rings is 6. The van der Waals surface area contributed by atoms with Gasteiger partial charge < -0.3 is 38.8 Å². The Morgan fingerprint density at radius 2 is 0.821 bits per heavy atom. The number of halogens is 3. The molecule has 12 rings (SSSR count). The lowest BCUT2D eigenvalue weighted by Gasteiger charge is -2.24. The van der Waals surface area contributed by atoms with E-state index in [9.17, 15) is 47.0 Å². The number of aryl methyl sites for hydroxylation is 2. The van der Waals surface area contributed by atoms with Crippen molar-refractivity contribution in [2.45, 2.75) is 137 Å². The summed E-state index contributed by atoms with van der Waals surface area (Å²) in [5.41, 5.74) is 6.88. The molecule has 0 aliphatic carbocycles. The van der Waals surface area contributed by atoms with Crippen LogP contribution in [0.3, 0.4) is 0 Å². The van der Waals surface area contributed by atoms with Gasteiger partial charge >= 0.3 is 24.6 Å². The number of aliphatic hydroxyl groups excluding tert-OH is 1. The lowest BCUT2D eigenvalue weighted by Crippen LogP contribution is -2.36. The van der Waals surface area contributed by atoms with E-state index < -0.39 is 29.3 Å². The topological polar surface area (TPSA) is 272 Å². The second-order valence-corrected chi connectivity index (χ2v) is 26.4. The summed E-state index contributed by atoms with van der Waals surface area (Å²) in [6.07, 6.45) is -4.48. The molecule has 0 spiro atoms. The maximum atomic E-state index is 13.2. The standard InChI is InChI=1S/C23H23F3N4O4.C23H26N4O3.C14H11N3O.C9H17NO3/c1-22(2,3)34-21(32)29-11-10-16(13-29)30-20(31)18-12-15(6-9-19(18)27-28-30)14-4-7-17(8-5-14)33-23(24,25)26;1-15-5-7-16(8-6-15)17-9-10-20-19(13-17)21(28)27(25-24-20)18-11-12-26(14-18)22(29)30-23(2,3)4;1-9-2-4-10(5-3-9)11-6-7-13-12(8-11)14(18)16-17-15-13;1-9(2,3)13-8(12)10-5-4-7(11)6-10/h4-9,12,16H,10-11,13H2,1-3H3;5-10,13,18H,11-12,14H2,1-4H3;2-8H,1H3,(H,15,16,18);7,11H,4-6H2,1-3H3/t16-;18-;;7-/m11.0/s1. The summed E-state index contributed by atoms with van der Waals surface area (Å²) < 4.78 is 59.7. The third kappa shape index (κ3) is 18.6. The minimum absolute atomic E-state index is 0.190. The fourth-order valence-corrected chi connectivity index (χ4v) is 10.6. The Kier molecular flexibility index (Phi) is 20.9. The minimum atomic E-state index is -4.77. The molecule has 9 aromatic rings. The van der Waals surface area contributed by atoms with Gasteiger partial charge in [-0.15, -0.1) is 28.5 Å². The van der Waals surface area contributed by atoms with Gasteiger partial charge in [-0.2, -0.15) is 0 Å². The molecule has 3 atom stereocenters. The zero-order valence-electron chi connectivity index (χ0n) is 54.8. The first-order valence-corrected chi connectivity index (χ1v) is 31.0. The van der Waals surface area contributed by atoms with Crippen molar-refractivity contribution in [1.82, 2.24) is 60.1 Å². The van der Waals surface area contributed by atoms with E-state index in [1.807, 2.05) is 128 Å². The molecule has 6 aromatic carbocycles. The Morgan fingerprint density at radius 3 is 1.19 bits per heavy atom. The SMILES string of the molecule is CC(C)(C)OC(=O)N1CC[C@@H](n2nnc3ccc(-c4ccc(OC(F)(F)F)cc4)cc3c2=O)C1.CC(C)(C)OC(=O)N1CC[C@H](O)C1.Cc1ccc(-c2ccc3nn[nH]c(=O)c3c2)cc1.Cc1ccc(-c2ccc3nnn([C@@H]4CCN(C(=O)OC(C)(C)C)C4)c(=O)c3c2)cc1. The minimum Gasteiger partial charge on any atom is -0.444 e. The number of hydrogen-bond donors (Lipinski definition) is 2. The molecule has 3 amide bonds. The van der Waals surface area contributed by atoms with Crippen LogP contribution in [0, 0.1) is 13.8 Å². The first-order chi connectivity index (χ1) is 44.7. The van der Waals surface area contributed by atoms with Crippen LogP contribution in [0.25, 0.3) is 66.1 Å². The van der Waals surface area contributed by atoms with E-state index in [2.05, 4.69) is 52.9 Å². The Bertz CT molecular complexity index is 4410. The number of ether oxygens (including phenoxy) is 4. The summed E-state index contributed by atoms with van der Waals surface area (Å²) in [4.78, 5) is 78.8. The van der Waals surface area contributed by atoms with Crippen molar-refractivity contribution in [1.29, 1.82) is 0 Å². The molecule has 3 aliphatic rings. The van der Waals surface area contributed by atoms with Crippen LogP contribution in [0.2, 0.25) is 0 Å². The zero-order valence-corrected chi connectivity index (χ0v) is 54.8. The first kappa shape index (κ1) is 69.2. The zero-order chi connectivity index (χ0) is 68.7. The third-order valence-corrected chi connectivity index (χ3v) is 15.2. The van der Waals surface area contributed by atoms with Gasteiger partial charge in [-0.3, -0.25) is 14.4 Å². The number of aromatic amines is 1. The monoisotopic (exact) mass is 1310 g/mol. The molecule has 3 aliphatic heterocycles. The molecule has 3 aromatic heterocycles. The molecule has 23 nitrogen and oxygen atoms in total. The fraction of sp³-hybridized carbons (Fsp3) is 0.391. The number of hydrogen-bond acceptors (Lipinski definition) is 17. The van der Waals surface area contributed by atoms with Crippen LogP contribution in [-0.2, 0) is 14.2 Å². The number of β-amino-alcohol motifs (C(OH)–C–C–N with tert-alkyl or cyclic N) is 1. The van der Waals surface area contributed by atoms with Crippen molar-refractivity contribution in [2.24, 2.45) is 0 Å². The van der Waals surface area contributed by atoms with Gasteiger partial charge in [-0.1, -0.05) is 106 Å². The Labute approximate surface area is 545 Å². The number of alkyl halides is 3. The summed E-state index contributed by atoms with van der Waals surface area (Å²) in [6.45, 7) is 23.0. The van der Waals surface area contributed by atoms with Crippen molar-refractivity contribution in [3.63, 3.8) is 0 Å². The number of rotatable bonds is 6. The second-order valence-electron chi connectivity index (χ2n) is 26.4. The van der Waals surface area contributed by atoms with Gasteiger partial charge in [0.25, 0.3) is 16.7 Å². The van der Waals surface area contributed by atoms with Crippen LogP contribution >= 0.6 is 0 Å². The number of aromatic nitrogens is 9. The second kappa shape index (κ2) is 28.6. The molecule has 2 N–H and O–H groups in total. The van der Waals surface area contributed by atoms with E-state index in [0.717, 1.165) is 22.3 Å². The average molecular weight is 1310 g/mol. The molecule has 0 unspecified atom stereocenters. The first-order valence-electron chi connectivity index (χ1n) is 31.0. The van der Waals surface area contributed by atoms with Gasteiger partial charge in [-0.25, -0.2) is 28.8 Å². The molecular formula is C69H77F3N12O11. The number of nitrogens with zero attached hydrogens (tertiary/aromatic N) is 11. The van der Waals surface area contributed by atoms with Crippen molar-refractivity contribution in [3.8, 4) is 39.1 Å². The van der Waals surface area contributed by atoms with E-state index in [1.165, 1.54) is 54.6 Å². The number of fused-ring (bicyclic) bond motifs is 3. The smallest absolute Gasteiger partial charge is 0.444 e. The average Bonchev–Trinajstić information content (AvgIpc) is 1.69. The van der Waals surface area contributed by atoms with Gasteiger partial charge in [0.1, 0.15) is 39.1 Å². The molecule has 0 radical (unpaired) electrons. The van der Waals surface area contributed by atoms with Crippen LogP contribution in [0.5, 0.6) is 5.75 Å². The number of carbonyl (C=O) groups excluding carboxylic acids is 3. The van der Waals surface area contributed by atoms with Crippen LogP contribution in [-0.4, -0.2) is 152 Å². The molecule has 0 bridgehead atoms. The molecule has 0 saturated carbocycles. The highest BCUT2D eigenvalue weighted by Crippen LogP contribution is 2.30. The van der Waals surface area contributed by atoms with Gasteiger partial charge in [0.15, 0.2) is 0 Å². The van der Waals surface area contributed by atoms with Crippen LogP contribution < -0.4 is 21.4 Å². The van der Waals surface area contributed by atoms with Crippen molar-refractivity contribution >= 4 is 51.0 Å². The van der Waals surface area contributed by atoms with Crippen LogP contribution in [0.4, 0.5) is 27.6 Å². The van der Waals surface area contributed by atoms with E-state index in [1.54, 1.807) is 43.9 Å². The maximum absolute atomic E-state index is 13.2. The maximum Gasteiger partial charge on any atom is 0.573 e. The Balaban J connectivity index is 0.000000158. The number of likely N-dealkylation sites (tertiary alicyclic amines) is 3. The summed E-state index contributed by atoms with van der Waals surface area (Å²) in [5, 5.41) is 37.0. The van der Waals surface area contributed by atoms with Gasteiger partial charge in [0.2, 0.25) is 0 Å². The largest absolute Gasteiger partial charge is 0.573 e. The van der Waals surface area contributed by atoms with E-state index in [0.29, 0.717) is 95.8 Å². The molecule has 95 heavy (non-hydrogen) atoms. The molecule has 500 valence electrons. The number of H-pyrrole nitrogens is 1. The summed E-state index contributed by atoms with van der Waals surface area (Å²) in [7, 11) is 0. The quantitative estimate of drug-likeness (QED) is 0.146. The lowest BCUT2D eigenvalue weighted by atomic mass is 10.0. The number of carbonyl (C=O) groups is 3. The predicted octanol–water partition coefficient (Wildman–Crippen LogP) is 11.8. The normalized spacial score (nSPS) is 16.5. The third-order valence-electron chi connectivity index (χ3n) is 15.2.